The lowest BCUT2D eigenvalue weighted by Gasteiger charge is -2.32. The van der Waals surface area contributed by atoms with Crippen LogP contribution in [0.2, 0.25) is 51.4 Å². The third-order valence-corrected chi connectivity index (χ3v) is 13.3. The largest absolute Gasteiger partial charge is 0.494 e. The van der Waals surface area contributed by atoms with Gasteiger partial charge in [-0.2, -0.15) is 26.3 Å². The summed E-state index contributed by atoms with van der Waals surface area (Å²) < 4.78 is 106. The average Bonchev–Trinajstić information content (AvgIpc) is 3.75. The molecule has 5 rings (SSSR count). The lowest BCUT2D eigenvalue weighted by atomic mass is 9.79. The number of ether oxygens (including phenoxy) is 2. The molecule has 0 radical (unpaired) electrons. The van der Waals surface area contributed by atoms with E-state index in [2.05, 4.69) is 65.2 Å². The van der Waals surface area contributed by atoms with Crippen LogP contribution in [-0.2, 0) is 44.6 Å². The zero-order valence-electron chi connectivity index (χ0n) is 33.7. The Morgan fingerprint density at radius 3 is 1.34 bits per heavy atom. The predicted octanol–water partition coefficient (Wildman–Crippen LogP) is 10.8. The molecule has 1 aliphatic rings. The maximum atomic E-state index is 13.3. The minimum atomic E-state index is -4.53. The average molecular weight is 890 g/mol. The molecule has 0 N–H and O–H groups in total. The second-order valence-corrected chi connectivity index (χ2v) is 29.4. The number of rotatable bonds is 13. The summed E-state index contributed by atoms with van der Waals surface area (Å²) in [4.78, 5) is 7.62. The molecule has 0 bridgehead atoms. The summed E-state index contributed by atoms with van der Waals surface area (Å²) >= 11 is 3.32. The second kappa shape index (κ2) is 17.6. The molecule has 18 heteroatoms. The van der Waals surface area contributed by atoms with E-state index in [1.807, 2.05) is 27.7 Å². The molecule has 308 valence electrons. The molecule has 2 aromatic heterocycles. The number of hydrogen-bond donors (Lipinski definition) is 0. The number of imidazole rings is 2. The van der Waals surface area contributed by atoms with Crippen molar-refractivity contribution in [3.63, 3.8) is 0 Å². The van der Waals surface area contributed by atoms with Gasteiger partial charge in [0.1, 0.15) is 25.1 Å². The summed E-state index contributed by atoms with van der Waals surface area (Å²) in [5, 5.41) is 0. The first-order valence-electron chi connectivity index (χ1n) is 18.3. The molecule has 1 fully saturated rings. The normalized spacial score (nSPS) is 15.9. The summed E-state index contributed by atoms with van der Waals surface area (Å²) in [5.41, 5.74) is -0.807. The van der Waals surface area contributed by atoms with Gasteiger partial charge in [0.15, 0.2) is 11.4 Å². The van der Waals surface area contributed by atoms with Gasteiger partial charge in [-0.15, -0.1) is 0 Å². The third kappa shape index (κ3) is 12.9. The Hall–Kier alpha value is -2.74. The lowest BCUT2D eigenvalue weighted by Crippen LogP contribution is -2.41. The highest BCUT2D eigenvalue weighted by atomic mass is 79.9. The Morgan fingerprint density at radius 2 is 1.00 bits per heavy atom. The van der Waals surface area contributed by atoms with Crippen LogP contribution in [0.4, 0.5) is 26.3 Å². The van der Waals surface area contributed by atoms with Gasteiger partial charge in [-0.25, -0.2) is 9.97 Å². The summed E-state index contributed by atoms with van der Waals surface area (Å²) in [6.45, 7) is 22.3. The molecule has 3 heterocycles. The number of hydrogen-bond acceptors (Lipinski definition) is 6. The van der Waals surface area contributed by atoms with E-state index in [4.69, 9.17) is 18.8 Å². The Kier molecular flexibility index (Phi) is 14.5. The molecule has 0 aliphatic carbocycles. The minimum Gasteiger partial charge on any atom is -0.399 e. The van der Waals surface area contributed by atoms with Crippen LogP contribution in [0, 0.1) is 0 Å². The van der Waals surface area contributed by atoms with Crippen LogP contribution < -0.4 is 5.46 Å². The van der Waals surface area contributed by atoms with Gasteiger partial charge in [0.05, 0.1) is 11.2 Å². The van der Waals surface area contributed by atoms with Crippen molar-refractivity contribution >= 4 is 44.7 Å². The topological polar surface area (TPSA) is 72.6 Å². The van der Waals surface area contributed by atoms with Crippen LogP contribution in [0.25, 0.3) is 22.8 Å². The second-order valence-electron chi connectivity index (χ2n) is 17.2. The van der Waals surface area contributed by atoms with Crippen molar-refractivity contribution in [1.82, 2.24) is 19.1 Å². The molecular weight excluding hydrogens is 837 g/mol. The predicted molar refractivity (Wildman–Crippen MR) is 217 cm³/mol. The molecular formula is C38H52BBrF6N4O4Si2. The highest BCUT2D eigenvalue weighted by Crippen LogP contribution is 2.37. The van der Waals surface area contributed by atoms with Crippen molar-refractivity contribution < 1.29 is 45.1 Å². The number of nitrogens with zero attached hydrogens (tertiary/aromatic N) is 4. The van der Waals surface area contributed by atoms with Crippen LogP contribution in [0.1, 0.15) is 39.1 Å². The molecule has 4 aromatic rings. The molecule has 0 atom stereocenters. The zero-order chi connectivity index (χ0) is 41.9. The maximum absolute atomic E-state index is 13.3. The fourth-order valence-electron chi connectivity index (χ4n) is 5.21. The molecule has 56 heavy (non-hydrogen) atoms. The number of alkyl halides is 6. The van der Waals surface area contributed by atoms with Gasteiger partial charge in [0, 0.05) is 57.4 Å². The lowest BCUT2D eigenvalue weighted by molar-refractivity contribution is -0.141. The summed E-state index contributed by atoms with van der Waals surface area (Å²) in [6.07, 6.45) is -6.99. The van der Waals surface area contributed by atoms with Crippen LogP contribution in [-0.4, -0.2) is 66.8 Å². The van der Waals surface area contributed by atoms with Crippen molar-refractivity contribution in [2.45, 2.75) is 116 Å². The highest BCUT2D eigenvalue weighted by Gasteiger charge is 2.51. The smallest absolute Gasteiger partial charge is 0.399 e. The van der Waals surface area contributed by atoms with E-state index in [0.717, 1.165) is 34.4 Å². The molecule has 2 aromatic carbocycles. The summed E-state index contributed by atoms with van der Waals surface area (Å²) in [6, 6.07) is 16.0. The van der Waals surface area contributed by atoms with E-state index in [9.17, 15) is 26.3 Å². The molecule has 1 saturated heterocycles. The van der Waals surface area contributed by atoms with E-state index < -0.39 is 58.2 Å². The van der Waals surface area contributed by atoms with Gasteiger partial charge in [0.2, 0.25) is 0 Å². The fraction of sp³-hybridized carbons (Fsp3) is 0.526. The maximum Gasteiger partial charge on any atom is 0.494 e. The van der Waals surface area contributed by atoms with Crippen molar-refractivity contribution in [1.29, 1.82) is 0 Å². The molecule has 0 amide bonds. The van der Waals surface area contributed by atoms with E-state index in [1.165, 1.54) is 9.13 Å². The summed E-state index contributed by atoms with van der Waals surface area (Å²) in [5.74, 6) is 0.466. The van der Waals surface area contributed by atoms with Gasteiger partial charge >= 0.3 is 19.5 Å². The van der Waals surface area contributed by atoms with Crippen molar-refractivity contribution in [3.8, 4) is 22.8 Å². The Balaban J connectivity index is 0.000000259. The first-order chi connectivity index (χ1) is 25.7. The Labute approximate surface area is 336 Å². The first kappa shape index (κ1) is 46.0. The zero-order valence-corrected chi connectivity index (χ0v) is 37.2. The van der Waals surface area contributed by atoms with Crippen molar-refractivity contribution in [2.75, 3.05) is 13.2 Å². The summed E-state index contributed by atoms with van der Waals surface area (Å²) in [7, 11) is -3.07. The van der Waals surface area contributed by atoms with Gasteiger partial charge in [-0.3, -0.25) is 0 Å². The van der Waals surface area contributed by atoms with Gasteiger partial charge in [0.25, 0.3) is 0 Å². The van der Waals surface area contributed by atoms with E-state index in [1.54, 1.807) is 48.5 Å². The van der Waals surface area contributed by atoms with E-state index in [0.29, 0.717) is 24.3 Å². The SMILES string of the molecule is CC1(C)OB(c2ccc(-c3nc(C(F)(F)F)cn3COCC[Si](C)(C)C)cc2)OC1(C)C.C[Si](C)(C)CCOCn1cc(C(F)(F)F)nc1-c1ccc(Br)cc1. The molecule has 1 aliphatic heterocycles. The monoisotopic (exact) mass is 888 g/mol. The highest BCUT2D eigenvalue weighted by molar-refractivity contribution is 9.10. The quantitative estimate of drug-likeness (QED) is 0.0756. The van der Waals surface area contributed by atoms with Crippen LogP contribution in [0.5, 0.6) is 0 Å². The van der Waals surface area contributed by atoms with Crippen LogP contribution in [0.3, 0.4) is 0 Å². The molecule has 8 nitrogen and oxygen atoms in total. The molecule has 0 saturated carbocycles. The number of benzene rings is 2. The van der Waals surface area contributed by atoms with Crippen LogP contribution in [0.15, 0.2) is 65.4 Å². The fourth-order valence-corrected chi connectivity index (χ4v) is 6.99. The Bertz CT molecular complexity index is 1870. The van der Waals surface area contributed by atoms with Gasteiger partial charge in [-0.1, -0.05) is 91.6 Å². The van der Waals surface area contributed by atoms with Crippen LogP contribution >= 0.6 is 15.9 Å². The van der Waals surface area contributed by atoms with E-state index in [-0.39, 0.29) is 25.1 Å². The first-order valence-corrected chi connectivity index (χ1v) is 26.5. The van der Waals surface area contributed by atoms with Crippen molar-refractivity contribution in [3.05, 3.63) is 76.8 Å². The minimum absolute atomic E-state index is 0.0157. The third-order valence-electron chi connectivity index (χ3n) is 9.38. The van der Waals surface area contributed by atoms with E-state index >= 15 is 0 Å². The number of halogens is 7. The van der Waals surface area contributed by atoms with Crippen molar-refractivity contribution in [2.24, 2.45) is 0 Å². The molecule has 0 unspecified atom stereocenters. The molecule has 0 spiro atoms. The Morgan fingerprint density at radius 1 is 0.643 bits per heavy atom. The van der Waals surface area contributed by atoms with Gasteiger partial charge < -0.3 is 27.9 Å². The van der Waals surface area contributed by atoms with Gasteiger partial charge in [-0.05, 0) is 57.4 Å². The standard InChI is InChI=1S/C22H32BF3N2O3Si.C16H20BrF3N2OSi/c1-20(2)21(3,4)31-23(30-20)17-10-8-16(9-11-17)19-27-18(22(24,25)26)14-28(19)15-29-12-13-32(5,6)7;1-24(2,3)9-8-23-11-22-10-14(16(18,19)20)21-15(22)12-4-6-13(17)7-5-12/h8-11,14H,12-13,15H2,1-7H3;4-7,10H,8-9,11H2,1-3H3. The number of aromatic nitrogens is 4.